The van der Waals surface area contributed by atoms with Crippen molar-refractivity contribution in [3.8, 4) is 0 Å². The van der Waals surface area contributed by atoms with Gasteiger partial charge in [0.1, 0.15) is 5.84 Å². The van der Waals surface area contributed by atoms with Crippen molar-refractivity contribution >= 4 is 11.7 Å². The predicted octanol–water partition coefficient (Wildman–Crippen LogP) is 1.01. The maximum Gasteiger partial charge on any atom is 0.260 e. The van der Waals surface area contributed by atoms with E-state index in [4.69, 9.17) is 5.41 Å². The van der Waals surface area contributed by atoms with Crippen LogP contribution < -0.4 is 0 Å². The van der Waals surface area contributed by atoms with Crippen LogP contribution in [0.25, 0.3) is 0 Å². The van der Waals surface area contributed by atoms with E-state index in [9.17, 15) is 4.79 Å². The van der Waals surface area contributed by atoms with Gasteiger partial charge in [0.15, 0.2) is 0 Å². The van der Waals surface area contributed by atoms with Crippen LogP contribution in [0.3, 0.4) is 0 Å². The van der Waals surface area contributed by atoms with Crippen molar-refractivity contribution in [1.82, 2.24) is 4.90 Å². The number of amidine groups is 1. The van der Waals surface area contributed by atoms with Gasteiger partial charge in [-0.05, 0) is 18.2 Å². The molecule has 13 heavy (non-hydrogen) atoms. The monoisotopic (exact) mass is 172 g/mol. The molecule has 0 spiro atoms. The summed E-state index contributed by atoms with van der Waals surface area (Å²) in [4.78, 5) is 12.8. The lowest BCUT2D eigenvalue weighted by molar-refractivity contribution is -0.121. The summed E-state index contributed by atoms with van der Waals surface area (Å²) >= 11 is 0. The molecule has 2 aliphatic rings. The van der Waals surface area contributed by atoms with Crippen molar-refractivity contribution < 1.29 is 4.79 Å². The standard InChI is InChI=1S/C10H8N2O/c1-12-9(11)7-5-3-2-4-6-8(7)10(12)13/h2-3,5-6,11H,1H3. The third kappa shape index (κ3) is 0.983. The van der Waals surface area contributed by atoms with Gasteiger partial charge in [-0.1, -0.05) is 6.08 Å². The smallest absolute Gasteiger partial charge is 0.260 e. The predicted molar refractivity (Wildman–Crippen MR) is 49.3 cm³/mol. The van der Waals surface area contributed by atoms with Crippen molar-refractivity contribution in [3.05, 3.63) is 41.2 Å². The van der Waals surface area contributed by atoms with Crippen molar-refractivity contribution in [1.29, 1.82) is 5.41 Å². The molecule has 0 atom stereocenters. The molecule has 3 nitrogen and oxygen atoms in total. The summed E-state index contributed by atoms with van der Waals surface area (Å²) in [5.74, 6) is 0.122. The molecule has 0 aromatic heterocycles. The highest BCUT2D eigenvalue weighted by molar-refractivity contribution is 6.22. The van der Waals surface area contributed by atoms with E-state index in [1.54, 1.807) is 31.4 Å². The van der Waals surface area contributed by atoms with Crippen LogP contribution in [-0.4, -0.2) is 23.7 Å². The summed E-state index contributed by atoms with van der Waals surface area (Å²) < 4.78 is 0. The Kier molecular flexibility index (Phi) is 1.54. The second kappa shape index (κ2) is 2.57. The van der Waals surface area contributed by atoms with Crippen molar-refractivity contribution in [2.24, 2.45) is 0 Å². The highest BCUT2D eigenvalue weighted by atomic mass is 16.2. The number of likely N-dealkylation sites (N-methyl/N-ethyl adjacent to an activating group) is 1. The molecule has 3 heteroatoms. The van der Waals surface area contributed by atoms with Crippen LogP contribution in [0, 0.1) is 5.41 Å². The normalized spacial score (nSPS) is 19.9. The first kappa shape index (κ1) is 7.77. The number of carbonyl (C=O) groups excluding carboxylic acids is 1. The topological polar surface area (TPSA) is 44.2 Å². The van der Waals surface area contributed by atoms with Crippen LogP contribution in [0.5, 0.6) is 0 Å². The summed E-state index contributed by atoms with van der Waals surface area (Å²) in [5, 5.41) is 7.64. The molecule has 0 saturated carbocycles. The van der Waals surface area contributed by atoms with E-state index >= 15 is 0 Å². The van der Waals surface area contributed by atoms with E-state index in [0.29, 0.717) is 11.1 Å². The molecule has 2 rings (SSSR count). The Morgan fingerprint density at radius 2 is 2.23 bits per heavy atom. The Hall–Kier alpha value is -1.86. The van der Waals surface area contributed by atoms with Gasteiger partial charge in [0.25, 0.3) is 5.91 Å². The van der Waals surface area contributed by atoms with E-state index in [1.807, 2.05) is 0 Å². The maximum absolute atomic E-state index is 11.5. The summed E-state index contributed by atoms with van der Waals surface area (Å²) in [6.45, 7) is 0. The number of hydrogen-bond acceptors (Lipinski definition) is 2. The second-order valence-corrected chi connectivity index (χ2v) is 2.88. The lowest BCUT2D eigenvalue weighted by Gasteiger charge is -2.07. The number of rotatable bonds is 0. The van der Waals surface area contributed by atoms with E-state index in [-0.39, 0.29) is 11.7 Å². The van der Waals surface area contributed by atoms with E-state index in [0.717, 1.165) is 0 Å². The Balaban J connectivity index is 2.61. The van der Waals surface area contributed by atoms with Gasteiger partial charge in [0.2, 0.25) is 0 Å². The van der Waals surface area contributed by atoms with Crippen LogP contribution >= 0.6 is 0 Å². The molecule has 1 aliphatic heterocycles. The van der Waals surface area contributed by atoms with Gasteiger partial charge in [0.05, 0.1) is 5.57 Å². The molecule has 0 aromatic rings. The number of nitrogens with one attached hydrogen (secondary N) is 1. The first-order valence-corrected chi connectivity index (χ1v) is 3.92. The highest BCUT2D eigenvalue weighted by Gasteiger charge is 2.29. The van der Waals surface area contributed by atoms with Gasteiger partial charge in [-0.25, -0.2) is 0 Å². The van der Waals surface area contributed by atoms with Crippen LogP contribution in [-0.2, 0) is 4.79 Å². The van der Waals surface area contributed by atoms with Gasteiger partial charge in [-0.15, -0.1) is 5.73 Å². The number of nitrogens with zero attached hydrogens (tertiary/aromatic N) is 1. The fourth-order valence-electron chi connectivity index (χ4n) is 1.35. The summed E-state index contributed by atoms with van der Waals surface area (Å²) in [6.07, 6.45) is 6.88. The molecular weight excluding hydrogens is 164 g/mol. The lowest BCUT2D eigenvalue weighted by Crippen LogP contribution is -2.26. The van der Waals surface area contributed by atoms with Crippen molar-refractivity contribution in [2.75, 3.05) is 7.05 Å². The van der Waals surface area contributed by atoms with Gasteiger partial charge in [0, 0.05) is 12.6 Å². The first-order valence-electron chi connectivity index (χ1n) is 3.92. The fraction of sp³-hybridized carbons (Fsp3) is 0.100. The van der Waals surface area contributed by atoms with Crippen LogP contribution in [0.4, 0.5) is 0 Å². The molecular formula is C10H8N2O. The molecule has 64 valence electrons. The van der Waals surface area contributed by atoms with E-state index < -0.39 is 0 Å². The minimum absolute atomic E-state index is 0.132. The Morgan fingerprint density at radius 3 is 3.00 bits per heavy atom. The fourth-order valence-corrected chi connectivity index (χ4v) is 1.35. The maximum atomic E-state index is 11.5. The van der Waals surface area contributed by atoms with Crippen LogP contribution in [0.1, 0.15) is 0 Å². The molecule has 0 fully saturated rings. The third-order valence-electron chi connectivity index (χ3n) is 2.10. The zero-order chi connectivity index (χ0) is 9.42. The largest absolute Gasteiger partial charge is 0.296 e. The highest BCUT2D eigenvalue weighted by Crippen LogP contribution is 2.22. The lowest BCUT2D eigenvalue weighted by atomic mass is 10.1. The summed E-state index contributed by atoms with van der Waals surface area (Å²) in [7, 11) is 1.60. The third-order valence-corrected chi connectivity index (χ3v) is 2.10. The van der Waals surface area contributed by atoms with Crippen LogP contribution in [0.2, 0.25) is 0 Å². The van der Waals surface area contributed by atoms with Gasteiger partial charge in [-0.3, -0.25) is 15.1 Å². The number of amides is 1. The molecule has 1 amide bonds. The van der Waals surface area contributed by atoms with Crippen molar-refractivity contribution in [3.63, 3.8) is 0 Å². The zero-order valence-electron chi connectivity index (χ0n) is 7.16. The van der Waals surface area contributed by atoms with Gasteiger partial charge in [-0.2, -0.15) is 0 Å². The zero-order valence-corrected chi connectivity index (χ0v) is 7.16. The minimum atomic E-state index is -0.132. The number of hydrogen-bond donors (Lipinski definition) is 1. The molecule has 1 aliphatic carbocycles. The summed E-state index contributed by atoms with van der Waals surface area (Å²) in [6, 6.07) is 0. The molecule has 0 aromatic carbocycles. The average molecular weight is 172 g/mol. The summed E-state index contributed by atoms with van der Waals surface area (Å²) in [5.41, 5.74) is 4.08. The second-order valence-electron chi connectivity index (χ2n) is 2.88. The Bertz CT molecular complexity index is 420. The number of allylic oxidation sites excluding steroid dienone is 1. The molecule has 1 N–H and O–H groups in total. The number of carbonyl (C=O) groups is 1. The van der Waals surface area contributed by atoms with Gasteiger partial charge < -0.3 is 0 Å². The minimum Gasteiger partial charge on any atom is -0.296 e. The molecule has 1 heterocycles. The molecule has 0 bridgehead atoms. The Labute approximate surface area is 75.9 Å². The van der Waals surface area contributed by atoms with Gasteiger partial charge >= 0.3 is 0 Å². The van der Waals surface area contributed by atoms with Crippen molar-refractivity contribution in [2.45, 2.75) is 0 Å². The van der Waals surface area contributed by atoms with E-state index in [2.05, 4.69) is 5.73 Å². The molecule has 0 unspecified atom stereocenters. The van der Waals surface area contributed by atoms with E-state index in [1.165, 1.54) is 4.90 Å². The van der Waals surface area contributed by atoms with Crippen LogP contribution in [0.15, 0.2) is 41.2 Å². The SMILES string of the molecule is CN1C(=N)C2=C(C=C=CC=C2)C1=O. The average Bonchev–Trinajstić information content (AvgIpc) is 2.40. The quantitative estimate of drug-likeness (QED) is 0.544. The Morgan fingerprint density at radius 1 is 1.46 bits per heavy atom. The first-order chi connectivity index (χ1) is 6.22. The molecule has 0 saturated heterocycles. The molecule has 0 radical (unpaired) electrons.